The summed E-state index contributed by atoms with van der Waals surface area (Å²) in [6.07, 6.45) is 3.26. The van der Waals surface area contributed by atoms with Crippen molar-refractivity contribution in [1.29, 1.82) is 0 Å². The molecular weight excluding hydrogens is 174 g/mol. The first-order valence-corrected chi connectivity index (χ1v) is 4.85. The Hall–Kier alpha value is -1.02. The fourth-order valence-electron chi connectivity index (χ4n) is 1.31. The minimum absolute atomic E-state index is 0.950. The largest absolute Gasteiger partial charge is 0.496 e. The van der Waals surface area contributed by atoms with E-state index in [1.165, 1.54) is 5.56 Å². The van der Waals surface area contributed by atoms with Gasteiger partial charge >= 0.3 is 0 Å². The lowest BCUT2D eigenvalue weighted by atomic mass is 10.1. The fraction of sp³-hybridized carbons (Fsp3) is 0.417. The molecule has 0 amide bonds. The van der Waals surface area contributed by atoms with Crippen molar-refractivity contribution < 1.29 is 4.74 Å². The van der Waals surface area contributed by atoms with Gasteiger partial charge in [-0.15, -0.1) is 0 Å². The van der Waals surface area contributed by atoms with E-state index in [1.807, 2.05) is 18.2 Å². The summed E-state index contributed by atoms with van der Waals surface area (Å²) in [6.45, 7) is 1.07. The summed E-state index contributed by atoms with van der Waals surface area (Å²) in [5, 5.41) is 0. The summed E-state index contributed by atoms with van der Waals surface area (Å²) in [5.74, 6) is 0.950. The minimum Gasteiger partial charge on any atom is -0.496 e. The topological polar surface area (TPSA) is 12.5 Å². The molecule has 77 valence electrons. The van der Waals surface area contributed by atoms with Crippen molar-refractivity contribution in [3.8, 4) is 5.75 Å². The van der Waals surface area contributed by atoms with E-state index in [4.69, 9.17) is 4.74 Å². The number of rotatable bonds is 5. The number of hydrogen-bond acceptors (Lipinski definition) is 2. The van der Waals surface area contributed by atoms with Gasteiger partial charge in [0.15, 0.2) is 0 Å². The average molecular weight is 192 g/mol. The molecule has 0 bridgehead atoms. The van der Waals surface area contributed by atoms with Crippen molar-refractivity contribution in [3.05, 3.63) is 36.2 Å². The molecule has 0 spiro atoms. The molecule has 0 atom stereocenters. The molecule has 2 nitrogen and oxygen atoms in total. The van der Waals surface area contributed by atoms with Gasteiger partial charge in [-0.2, -0.15) is 0 Å². The summed E-state index contributed by atoms with van der Waals surface area (Å²) in [7, 11) is 5.87. The first-order chi connectivity index (χ1) is 6.74. The third-order valence-corrected chi connectivity index (χ3v) is 2.08. The van der Waals surface area contributed by atoms with E-state index in [9.17, 15) is 0 Å². The zero-order chi connectivity index (χ0) is 10.4. The van der Waals surface area contributed by atoms with E-state index in [2.05, 4.69) is 31.5 Å². The van der Waals surface area contributed by atoms with Gasteiger partial charge in [0.25, 0.3) is 0 Å². The predicted molar refractivity (Wildman–Crippen MR) is 59.6 cm³/mol. The van der Waals surface area contributed by atoms with E-state index in [-0.39, 0.29) is 0 Å². The first kappa shape index (κ1) is 11.1. The van der Waals surface area contributed by atoms with Gasteiger partial charge in [-0.3, -0.25) is 0 Å². The molecule has 1 aromatic rings. The number of hydrogen-bond donors (Lipinski definition) is 0. The average Bonchev–Trinajstić information content (AvgIpc) is 2.18. The summed E-state index contributed by atoms with van der Waals surface area (Å²) < 4.78 is 5.26. The minimum atomic E-state index is 0.950. The maximum atomic E-state index is 5.26. The van der Waals surface area contributed by atoms with Crippen molar-refractivity contribution in [2.24, 2.45) is 0 Å². The van der Waals surface area contributed by atoms with E-state index in [1.54, 1.807) is 7.11 Å². The van der Waals surface area contributed by atoms with Crippen molar-refractivity contribution in [2.45, 2.75) is 6.42 Å². The molecule has 2 heteroatoms. The van der Waals surface area contributed by atoms with Crippen LogP contribution in [0.2, 0.25) is 0 Å². The third kappa shape index (κ3) is 3.38. The fourth-order valence-corrected chi connectivity index (χ4v) is 1.31. The molecule has 0 aliphatic heterocycles. The normalized spacial score (nSPS) is 10.6. The van der Waals surface area contributed by atoms with E-state index in [0.29, 0.717) is 0 Å². The van der Waals surface area contributed by atoms with Gasteiger partial charge in [0.2, 0.25) is 0 Å². The van der Waals surface area contributed by atoms with Gasteiger partial charge in [0.05, 0.1) is 7.11 Å². The van der Waals surface area contributed by atoms with Crippen molar-refractivity contribution in [2.75, 3.05) is 27.7 Å². The smallest absolute Gasteiger partial charge is 0.122 e. The number of nitrogens with zero attached hydrogens (tertiary/aromatic N) is 1. The molecule has 0 N–H and O–H groups in total. The highest BCUT2D eigenvalue weighted by Gasteiger charge is 2.01. The number of methoxy groups -OCH3 is 1. The molecule has 0 saturated carbocycles. The second-order valence-corrected chi connectivity index (χ2v) is 3.54. The third-order valence-electron chi connectivity index (χ3n) is 2.08. The summed E-state index contributed by atoms with van der Waals surface area (Å²) in [4.78, 5) is 2.17. The molecule has 0 unspecified atom stereocenters. The summed E-state index contributed by atoms with van der Waals surface area (Å²) in [6, 6.07) is 8.09. The molecule has 0 aliphatic rings. The zero-order valence-corrected chi connectivity index (χ0v) is 9.16. The molecule has 0 fully saturated rings. The highest BCUT2D eigenvalue weighted by atomic mass is 16.5. The lowest BCUT2D eigenvalue weighted by Crippen LogP contribution is -2.13. The van der Waals surface area contributed by atoms with E-state index in [0.717, 1.165) is 18.7 Å². The Labute approximate surface area is 86.5 Å². The maximum Gasteiger partial charge on any atom is 0.122 e. The maximum absolute atomic E-state index is 5.26. The molecule has 14 heavy (non-hydrogen) atoms. The molecule has 1 rings (SSSR count). The van der Waals surface area contributed by atoms with E-state index < -0.39 is 0 Å². The van der Waals surface area contributed by atoms with Crippen LogP contribution in [0.15, 0.2) is 24.3 Å². The van der Waals surface area contributed by atoms with Crippen LogP contribution >= 0.6 is 0 Å². The van der Waals surface area contributed by atoms with Crippen LogP contribution < -0.4 is 4.74 Å². The molecule has 0 heterocycles. The molecule has 1 aromatic carbocycles. The summed E-state index contributed by atoms with van der Waals surface area (Å²) in [5.41, 5.74) is 1.18. The lowest BCUT2D eigenvalue weighted by Gasteiger charge is -2.10. The Morgan fingerprint density at radius 3 is 2.64 bits per heavy atom. The molecule has 0 saturated heterocycles. The number of ether oxygens (including phenoxy) is 1. The highest BCUT2D eigenvalue weighted by molar-refractivity contribution is 5.38. The first-order valence-electron chi connectivity index (χ1n) is 4.85. The zero-order valence-electron chi connectivity index (χ0n) is 9.16. The van der Waals surface area contributed by atoms with Crippen LogP contribution in [0.4, 0.5) is 0 Å². The molecule has 0 aromatic heterocycles. The highest BCUT2D eigenvalue weighted by Crippen LogP contribution is 2.19. The Morgan fingerprint density at radius 1 is 1.29 bits per heavy atom. The Balaban J connectivity index is 2.49. The molecule has 0 aliphatic carbocycles. The number of benzene rings is 1. The molecule has 1 radical (unpaired) electrons. The van der Waals surface area contributed by atoms with Crippen molar-refractivity contribution in [1.82, 2.24) is 4.90 Å². The van der Waals surface area contributed by atoms with Gasteiger partial charge in [-0.1, -0.05) is 18.2 Å². The molecular formula is C12H18NO. The monoisotopic (exact) mass is 192 g/mol. The van der Waals surface area contributed by atoms with Gasteiger partial charge in [-0.05, 0) is 45.1 Å². The van der Waals surface area contributed by atoms with Crippen LogP contribution in [0.1, 0.15) is 12.0 Å². The second-order valence-electron chi connectivity index (χ2n) is 3.54. The van der Waals surface area contributed by atoms with Gasteiger partial charge in [-0.25, -0.2) is 0 Å². The quantitative estimate of drug-likeness (QED) is 0.709. The van der Waals surface area contributed by atoms with E-state index >= 15 is 0 Å². The van der Waals surface area contributed by atoms with Gasteiger partial charge < -0.3 is 9.64 Å². The Kier molecular flexibility index (Phi) is 4.47. The van der Waals surface area contributed by atoms with Crippen molar-refractivity contribution in [3.63, 3.8) is 0 Å². The SMILES string of the molecule is COc1ccccc1[CH]CCN(C)C. The summed E-state index contributed by atoms with van der Waals surface area (Å²) >= 11 is 0. The van der Waals surface area contributed by atoms with Crippen LogP contribution in [-0.4, -0.2) is 32.6 Å². The number of para-hydroxylation sites is 1. The Morgan fingerprint density at radius 2 is 2.00 bits per heavy atom. The standard InChI is InChI=1S/C12H18NO/c1-13(2)10-6-8-11-7-4-5-9-12(11)14-3/h4-5,7-9H,6,10H2,1-3H3. The van der Waals surface area contributed by atoms with Crippen LogP contribution in [-0.2, 0) is 0 Å². The second kappa shape index (κ2) is 5.66. The van der Waals surface area contributed by atoms with Gasteiger partial charge in [0.1, 0.15) is 5.75 Å². The lowest BCUT2D eigenvalue weighted by molar-refractivity contribution is 0.404. The van der Waals surface area contributed by atoms with Crippen molar-refractivity contribution >= 4 is 0 Å². The van der Waals surface area contributed by atoms with Crippen LogP contribution in [0.25, 0.3) is 0 Å². The predicted octanol–water partition coefficient (Wildman–Crippen LogP) is 2.20. The van der Waals surface area contributed by atoms with Gasteiger partial charge in [0, 0.05) is 0 Å². The van der Waals surface area contributed by atoms with Crippen LogP contribution in [0, 0.1) is 6.42 Å². The Bertz CT molecular complexity index is 271. The van der Waals surface area contributed by atoms with Crippen LogP contribution in [0.5, 0.6) is 5.75 Å². The van der Waals surface area contributed by atoms with Crippen LogP contribution in [0.3, 0.4) is 0 Å².